The van der Waals surface area contributed by atoms with Crippen molar-refractivity contribution in [2.24, 2.45) is 4.99 Å². The van der Waals surface area contributed by atoms with Crippen LogP contribution in [0.1, 0.15) is 22.8 Å². The summed E-state index contributed by atoms with van der Waals surface area (Å²) in [6.45, 7) is 3.89. The Morgan fingerprint density at radius 1 is 1.05 bits per heavy atom. The van der Waals surface area contributed by atoms with E-state index >= 15 is 0 Å². The van der Waals surface area contributed by atoms with Crippen LogP contribution < -0.4 is 13.8 Å². The van der Waals surface area contributed by atoms with Crippen molar-refractivity contribution in [1.29, 1.82) is 0 Å². The summed E-state index contributed by atoms with van der Waals surface area (Å²) in [6.07, 6.45) is 0.675. The molecule has 37 heavy (non-hydrogen) atoms. The minimum Gasteiger partial charge on any atom is -0.495 e. The van der Waals surface area contributed by atoms with Crippen molar-refractivity contribution in [3.8, 4) is 5.75 Å². The van der Waals surface area contributed by atoms with E-state index in [1.54, 1.807) is 7.11 Å². The van der Waals surface area contributed by atoms with Crippen LogP contribution in [0.25, 0.3) is 10.2 Å². The van der Waals surface area contributed by atoms with Gasteiger partial charge in [0.15, 0.2) is 4.80 Å². The summed E-state index contributed by atoms with van der Waals surface area (Å²) in [5.74, 6) is 0.239. The molecule has 0 spiro atoms. The molecule has 1 amide bonds. The number of anilines is 1. The molecule has 0 saturated carbocycles. The summed E-state index contributed by atoms with van der Waals surface area (Å²) in [6, 6.07) is 19.2. The number of methoxy groups -OCH3 is 1. The zero-order valence-corrected chi connectivity index (χ0v) is 22.2. The van der Waals surface area contributed by atoms with Crippen molar-refractivity contribution in [3.63, 3.8) is 0 Å². The molecule has 10 heteroatoms. The van der Waals surface area contributed by atoms with Crippen LogP contribution in [0.3, 0.4) is 0 Å². The molecule has 3 aromatic carbocycles. The highest BCUT2D eigenvalue weighted by atomic mass is 32.2. The number of para-hydroxylation sites is 2. The molecule has 0 aliphatic carbocycles. The minimum absolute atomic E-state index is 0.138. The quantitative estimate of drug-likeness (QED) is 0.314. The summed E-state index contributed by atoms with van der Waals surface area (Å²) in [5.41, 5.74) is 2.87. The van der Waals surface area contributed by atoms with E-state index in [2.05, 4.69) is 4.99 Å². The van der Waals surface area contributed by atoms with Crippen molar-refractivity contribution in [1.82, 2.24) is 4.57 Å². The van der Waals surface area contributed by atoms with Gasteiger partial charge in [-0.25, -0.2) is 8.42 Å². The summed E-state index contributed by atoms with van der Waals surface area (Å²) in [5, 5.41) is 0. The van der Waals surface area contributed by atoms with Gasteiger partial charge in [-0.05, 0) is 61.4 Å². The molecule has 4 aromatic rings. The van der Waals surface area contributed by atoms with Crippen LogP contribution in [-0.4, -0.2) is 45.8 Å². The first-order chi connectivity index (χ1) is 17.9. The van der Waals surface area contributed by atoms with Crippen LogP contribution in [0.4, 0.5) is 5.69 Å². The van der Waals surface area contributed by atoms with E-state index in [-0.39, 0.29) is 4.90 Å². The Hall–Kier alpha value is -3.47. The number of hydrogen-bond acceptors (Lipinski definition) is 6. The molecule has 1 aliphatic rings. The first-order valence-corrected chi connectivity index (χ1v) is 14.2. The maximum atomic E-state index is 13.3. The highest BCUT2D eigenvalue weighted by Crippen LogP contribution is 2.32. The normalized spacial score (nSPS) is 13.8. The van der Waals surface area contributed by atoms with Gasteiger partial charge in [-0.15, -0.1) is 0 Å². The number of hydrogen-bond donors (Lipinski definition) is 0. The van der Waals surface area contributed by atoms with E-state index in [9.17, 15) is 13.2 Å². The Balaban J connectivity index is 1.46. The molecule has 0 atom stereocenters. The van der Waals surface area contributed by atoms with Crippen LogP contribution >= 0.6 is 11.3 Å². The third-order valence-corrected chi connectivity index (χ3v) is 9.15. The zero-order chi connectivity index (χ0) is 26.0. The lowest BCUT2D eigenvalue weighted by atomic mass is 10.2. The molecule has 8 nitrogen and oxygen atoms in total. The van der Waals surface area contributed by atoms with Crippen molar-refractivity contribution < 1.29 is 22.7 Å². The van der Waals surface area contributed by atoms with E-state index < -0.39 is 15.9 Å². The highest BCUT2D eigenvalue weighted by molar-refractivity contribution is 7.92. The minimum atomic E-state index is -3.74. The molecule has 0 bridgehead atoms. The SMILES string of the molecule is CCOCCn1c(=NC(=O)c2ccc(S(=O)(=O)N3CCc4ccccc43)cc2)sc2cccc(OC)c21. The van der Waals surface area contributed by atoms with Crippen LogP contribution in [-0.2, 0) is 27.7 Å². The van der Waals surface area contributed by atoms with Gasteiger partial charge in [0.1, 0.15) is 11.3 Å². The first-order valence-electron chi connectivity index (χ1n) is 12.0. The fourth-order valence-electron chi connectivity index (χ4n) is 4.46. The van der Waals surface area contributed by atoms with Crippen molar-refractivity contribution >= 4 is 43.2 Å². The molecule has 1 aliphatic heterocycles. The number of ether oxygens (including phenoxy) is 2. The number of aromatic nitrogens is 1. The predicted octanol–water partition coefficient (Wildman–Crippen LogP) is 4.24. The molecule has 5 rings (SSSR count). The van der Waals surface area contributed by atoms with Gasteiger partial charge in [-0.2, -0.15) is 4.99 Å². The number of carbonyl (C=O) groups excluding carboxylic acids is 1. The van der Waals surface area contributed by atoms with Crippen molar-refractivity contribution in [2.75, 3.05) is 31.2 Å². The predicted molar refractivity (Wildman–Crippen MR) is 144 cm³/mol. The molecular weight excluding hydrogens is 510 g/mol. The third kappa shape index (κ3) is 4.79. The molecule has 0 radical (unpaired) electrons. The van der Waals surface area contributed by atoms with E-state index in [1.807, 2.05) is 54.0 Å². The molecule has 1 aromatic heterocycles. The summed E-state index contributed by atoms with van der Waals surface area (Å²) in [7, 11) is -2.13. The number of fused-ring (bicyclic) bond motifs is 2. The summed E-state index contributed by atoms with van der Waals surface area (Å²) < 4.78 is 42.0. The lowest BCUT2D eigenvalue weighted by molar-refractivity contribution is 0.0996. The maximum absolute atomic E-state index is 13.3. The van der Waals surface area contributed by atoms with Gasteiger partial charge in [0, 0.05) is 25.3 Å². The third-order valence-electron chi connectivity index (χ3n) is 6.28. The van der Waals surface area contributed by atoms with Gasteiger partial charge >= 0.3 is 0 Å². The zero-order valence-electron chi connectivity index (χ0n) is 20.6. The Morgan fingerprint density at radius 2 is 1.84 bits per heavy atom. The number of rotatable bonds is 8. The van der Waals surface area contributed by atoms with E-state index in [1.165, 1.54) is 39.9 Å². The van der Waals surface area contributed by atoms with Gasteiger partial charge in [-0.3, -0.25) is 9.10 Å². The van der Waals surface area contributed by atoms with Crippen LogP contribution in [0.5, 0.6) is 5.75 Å². The van der Waals surface area contributed by atoms with Gasteiger partial charge in [0.05, 0.1) is 29.0 Å². The molecular formula is C27H27N3O5S2. The van der Waals surface area contributed by atoms with Gasteiger partial charge < -0.3 is 14.0 Å². The van der Waals surface area contributed by atoms with Crippen molar-refractivity contribution in [2.45, 2.75) is 24.8 Å². The largest absolute Gasteiger partial charge is 0.495 e. The average Bonchev–Trinajstić information content (AvgIpc) is 3.51. The highest BCUT2D eigenvalue weighted by Gasteiger charge is 2.30. The topological polar surface area (TPSA) is 90.2 Å². The van der Waals surface area contributed by atoms with Crippen LogP contribution in [0.2, 0.25) is 0 Å². The standard InChI is InChI=1S/C27H27N3O5S2/c1-3-35-18-17-29-25-23(34-2)9-6-10-24(25)36-27(29)28-26(31)20-11-13-21(14-12-20)37(32,33)30-16-15-19-7-4-5-8-22(19)30/h4-14H,3,15-18H2,1-2H3. The van der Waals surface area contributed by atoms with E-state index in [4.69, 9.17) is 9.47 Å². The Kier molecular flexibility index (Phi) is 7.14. The van der Waals surface area contributed by atoms with Gasteiger partial charge in [0.25, 0.3) is 15.9 Å². The number of nitrogens with zero attached hydrogens (tertiary/aromatic N) is 3. The van der Waals surface area contributed by atoms with Crippen LogP contribution in [0.15, 0.2) is 76.6 Å². The Bertz CT molecular complexity index is 1620. The lowest BCUT2D eigenvalue weighted by Gasteiger charge is -2.19. The maximum Gasteiger partial charge on any atom is 0.279 e. The molecule has 0 saturated heterocycles. The molecule has 2 heterocycles. The number of sulfonamides is 1. The van der Waals surface area contributed by atoms with Crippen molar-refractivity contribution in [3.05, 3.63) is 82.7 Å². The Morgan fingerprint density at radius 3 is 2.59 bits per heavy atom. The molecule has 192 valence electrons. The van der Waals surface area contributed by atoms with E-state index in [0.29, 0.717) is 54.5 Å². The second-order valence-corrected chi connectivity index (χ2v) is 11.3. The first kappa shape index (κ1) is 25.2. The monoisotopic (exact) mass is 537 g/mol. The smallest absolute Gasteiger partial charge is 0.279 e. The summed E-state index contributed by atoms with van der Waals surface area (Å²) >= 11 is 1.39. The second kappa shape index (κ2) is 10.5. The molecule has 0 fully saturated rings. The number of amides is 1. The average molecular weight is 538 g/mol. The molecule has 0 unspecified atom stereocenters. The fourth-order valence-corrected chi connectivity index (χ4v) is 7.04. The molecule has 0 N–H and O–H groups in total. The Labute approximate surface area is 219 Å². The summed E-state index contributed by atoms with van der Waals surface area (Å²) in [4.78, 5) is 18.2. The fraction of sp³-hybridized carbons (Fsp3) is 0.259. The number of carbonyl (C=O) groups is 1. The van der Waals surface area contributed by atoms with Gasteiger partial charge in [0.2, 0.25) is 0 Å². The number of thiazole rings is 1. The second-order valence-electron chi connectivity index (χ2n) is 8.44. The lowest BCUT2D eigenvalue weighted by Crippen LogP contribution is -2.29. The van der Waals surface area contributed by atoms with Crippen LogP contribution in [0, 0.1) is 0 Å². The number of benzene rings is 3. The van der Waals surface area contributed by atoms with Gasteiger partial charge in [-0.1, -0.05) is 35.6 Å². The van der Waals surface area contributed by atoms with E-state index in [0.717, 1.165) is 15.8 Å².